The quantitative estimate of drug-likeness (QED) is 0.563. The van der Waals surface area contributed by atoms with Crippen LogP contribution in [-0.2, 0) is 4.74 Å². The molecule has 0 saturated heterocycles. The van der Waals surface area contributed by atoms with Crippen LogP contribution in [0.5, 0.6) is 0 Å². The molecule has 1 saturated carbocycles. The summed E-state index contributed by atoms with van der Waals surface area (Å²) in [6.07, 6.45) is 5.90. The summed E-state index contributed by atoms with van der Waals surface area (Å²) >= 11 is 2.20. The molecule has 0 N–H and O–H groups in total. The van der Waals surface area contributed by atoms with Crippen molar-refractivity contribution in [1.82, 2.24) is 0 Å². The normalized spacial score (nSPS) is 19.6. The van der Waals surface area contributed by atoms with Crippen molar-refractivity contribution in [2.24, 2.45) is 0 Å². The summed E-state index contributed by atoms with van der Waals surface area (Å²) in [5, 5.41) is 0. The second kappa shape index (κ2) is 6.04. The number of allylic oxidation sites excluding steroid dienone is 1. The van der Waals surface area contributed by atoms with Crippen LogP contribution < -0.4 is 0 Å². The highest BCUT2D eigenvalue weighted by molar-refractivity contribution is 14.2. The third kappa shape index (κ3) is 3.48. The molecular weight excluding hydrogens is 307 g/mol. The van der Waals surface area contributed by atoms with E-state index in [1.807, 2.05) is 0 Å². The van der Waals surface area contributed by atoms with Gasteiger partial charge in [0.1, 0.15) is 5.60 Å². The fraction of sp³-hybridized carbons (Fsp3) is 0.636. The molecule has 1 fully saturated rings. The lowest BCUT2D eigenvalue weighted by atomic mass is 9.85. The zero-order valence-corrected chi connectivity index (χ0v) is 11.4. The summed E-state index contributed by atoms with van der Waals surface area (Å²) in [5.74, 6) is 6.32. The largest absolute Gasteiger partial charge is 0.366 e. The Balaban J connectivity index is 2.67. The summed E-state index contributed by atoms with van der Waals surface area (Å²) in [5.41, 5.74) is -0.187. The molecule has 0 unspecified atom stereocenters. The van der Waals surface area contributed by atoms with E-state index < -0.39 is 0 Å². The van der Waals surface area contributed by atoms with Crippen LogP contribution >= 0.6 is 30.1 Å². The number of ether oxygens (including phenoxy) is 1. The van der Waals surface area contributed by atoms with Crippen molar-refractivity contribution in [1.29, 1.82) is 0 Å². The maximum atomic E-state index is 5.55. The fourth-order valence-electron chi connectivity index (χ4n) is 1.71. The first kappa shape index (κ1) is 12.4. The second-order valence-corrected chi connectivity index (χ2v) is 5.48. The van der Waals surface area contributed by atoms with E-state index in [2.05, 4.69) is 39.6 Å². The summed E-state index contributed by atoms with van der Waals surface area (Å²) in [6, 6.07) is 0. The summed E-state index contributed by atoms with van der Waals surface area (Å²) in [4.78, 5) is 0.910. The Morgan fingerprint density at radius 1 is 1.43 bits per heavy atom. The van der Waals surface area contributed by atoms with Gasteiger partial charge in [-0.25, -0.2) is 0 Å². The van der Waals surface area contributed by atoms with Crippen molar-refractivity contribution in [2.45, 2.75) is 37.7 Å². The topological polar surface area (TPSA) is 9.23 Å². The standard InChI is InChI=1S/C11H15IOS/c1-10(14-12)6-9-11(13-2)7-4-3-5-8-11/h1,3-5,7-8H2,2H3. The van der Waals surface area contributed by atoms with Gasteiger partial charge in [-0.15, -0.1) is 0 Å². The molecular formula is C11H15IOS. The molecule has 0 aromatic rings. The molecule has 1 aliphatic rings. The van der Waals surface area contributed by atoms with Crippen LogP contribution in [0.2, 0.25) is 0 Å². The second-order valence-electron chi connectivity index (χ2n) is 3.51. The number of methoxy groups -OCH3 is 1. The number of hydrogen-bond acceptors (Lipinski definition) is 2. The molecule has 78 valence electrons. The molecule has 0 aromatic carbocycles. The molecule has 0 heterocycles. The van der Waals surface area contributed by atoms with Crippen LogP contribution in [0.15, 0.2) is 11.5 Å². The average Bonchev–Trinajstić information content (AvgIpc) is 2.27. The molecule has 0 aliphatic heterocycles. The van der Waals surface area contributed by atoms with Gasteiger partial charge < -0.3 is 4.74 Å². The third-order valence-corrected chi connectivity index (χ3v) is 4.46. The molecule has 3 heteroatoms. The minimum absolute atomic E-state index is 0.187. The van der Waals surface area contributed by atoms with Crippen molar-refractivity contribution in [2.75, 3.05) is 7.11 Å². The Morgan fingerprint density at radius 2 is 2.07 bits per heavy atom. The van der Waals surface area contributed by atoms with E-state index in [0.717, 1.165) is 17.7 Å². The minimum atomic E-state index is -0.187. The van der Waals surface area contributed by atoms with Gasteiger partial charge in [-0.3, -0.25) is 0 Å². The minimum Gasteiger partial charge on any atom is -0.366 e. The first-order valence-corrected chi connectivity index (χ1v) is 8.14. The Bertz CT molecular complexity index is 258. The van der Waals surface area contributed by atoms with E-state index in [4.69, 9.17) is 4.74 Å². The number of halogens is 1. The number of rotatable bonds is 2. The maximum Gasteiger partial charge on any atom is 0.128 e. The van der Waals surface area contributed by atoms with Gasteiger partial charge in [0.25, 0.3) is 0 Å². The van der Waals surface area contributed by atoms with Crippen molar-refractivity contribution < 1.29 is 4.74 Å². The third-order valence-electron chi connectivity index (χ3n) is 2.57. The smallest absolute Gasteiger partial charge is 0.128 e. The van der Waals surface area contributed by atoms with Crippen molar-refractivity contribution in [3.05, 3.63) is 11.5 Å². The van der Waals surface area contributed by atoms with E-state index in [0.29, 0.717) is 0 Å². The van der Waals surface area contributed by atoms with Crippen LogP contribution in [-0.4, -0.2) is 12.7 Å². The molecule has 1 nitrogen and oxygen atoms in total. The Kier molecular flexibility index (Phi) is 5.35. The molecule has 0 aromatic heterocycles. The first-order chi connectivity index (χ1) is 6.72. The van der Waals surface area contributed by atoms with E-state index >= 15 is 0 Å². The summed E-state index contributed by atoms with van der Waals surface area (Å²) < 4.78 is 5.55. The Morgan fingerprint density at radius 3 is 2.57 bits per heavy atom. The molecule has 1 aliphatic carbocycles. The predicted octanol–water partition coefficient (Wildman–Crippen LogP) is 3.94. The highest BCUT2D eigenvalue weighted by Gasteiger charge is 2.29. The van der Waals surface area contributed by atoms with Crippen LogP contribution in [0.25, 0.3) is 0 Å². The fourth-order valence-corrected chi connectivity index (χ4v) is 2.13. The van der Waals surface area contributed by atoms with Gasteiger partial charge in [-0.2, -0.15) is 0 Å². The van der Waals surface area contributed by atoms with Gasteiger partial charge in [-0.1, -0.05) is 24.8 Å². The molecule has 14 heavy (non-hydrogen) atoms. The highest BCUT2D eigenvalue weighted by atomic mass is 127. The van der Waals surface area contributed by atoms with Crippen LogP contribution in [0.4, 0.5) is 0 Å². The molecule has 0 bridgehead atoms. The highest BCUT2D eigenvalue weighted by Crippen LogP contribution is 2.31. The average molecular weight is 322 g/mol. The van der Waals surface area contributed by atoms with Crippen LogP contribution in [0.3, 0.4) is 0 Å². The molecule has 0 radical (unpaired) electrons. The first-order valence-electron chi connectivity index (χ1n) is 4.78. The van der Waals surface area contributed by atoms with Crippen LogP contribution in [0, 0.1) is 11.8 Å². The van der Waals surface area contributed by atoms with Gasteiger partial charge in [0.05, 0.1) is 4.91 Å². The van der Waals surface area contributed by atoms with E-state index in [1.54, 1.807) is 16.0 Å². The van der Waals surface area contributed by atoms with Gasteiger partial charge in [0.2, 0.25) is 0 Å². The summed E-state index contributed by atoms with van der Waals surface area (Å²) in [6.45, 7) is 3.85. The van der Waals surface area contributed by atoms with Gasteiger partial charge in [0, 0.05) is 28.3 Å². The zero-order valence-electron chi connectivity index (χ0n) is 8.44. The monoisotopic (exact) mass is 322 g/mol. The van der Waals surface area contributed by atoms with Gasteiger partial charge in [0.15, 0.2) is 0 Å². The SMILES string of the molecule is C=C(C#CC1(OC)CCCCC1)SI. The van der Waals surface area contributed by atoms with Crippen LogP contribution in [0.1, 0.15) is 32.1 Å². The Hall–Kier alpha value is 0.340. The number of hydrogen-bond donors (Lipinski definition) is 0. The Labute approximate surface area is 103 Å². The molecule has 0 amide bonds. The lowest BCUT2D eigenvalue weighted by Gasteiger charge is -2.30. The van der Waals surface area contributed by atoms with Crippen molar-refractivity contribution in [3.8, 4) is 11.8 Å². The van der Waals surface area contributed by atoms with Gasteiger partial charge in [-0.05, 0) is 34.6 Å². The van der Waals surface area contributed by atoms with Crippen molar-refractivity contribution in [3.63, 3.8) is 0 Å². The maximum absolute atomic E-state index is 5.55. The predicted molar refractivity (Wildman–Crippen MR) is 71.4 cm³/mol. The van der Waals surface area contributed by atoms with E-state index in [9.17, 15) is 0 Å². The van der Waals surface area contributed by atoms with E-state index in [1.165, 1.54) is 19.3 Å². The van der Waals surface area contributed by atoms with E-state index in [-0.39, 0.29) is 5.60 Å². The molecule has 1 rings (SSSR count). The van der Waals surface area contributed by atoms with Crippen molar-refractivity contribution >= 4 is 30.1 Å². The zero-order chi connectivity index (χ0) is 10.4. The summed E-state index contributed by atoms with van der Waals surface area (Å²) in [7, 11) is 3.33. The molecule has 0 atom stereocenters. The lowest BCUT2D eigenvalue weighted by molar-refractivity contribution is 0.0104. The molecule has 0 spiro atoms. The lowest BCUT2D eigenvalue weighted by Crippen LogP contribution is -2.32. The van der Waals surface area contributed by atoms with Gasteiger partial charge >= 0.3 is 0 Å².